The molecule has 1 aliphatic carbocycles. The fraction of sp³-hybridized carbons (Fsp3) is 1.00. The molecule has 3 rings (SSSR count). The van der Waals surface area contributed by atoms with Crippen LogP contribution in [-0.4, -0.2) is 49.8 Å². The minimum absolute atomic E-state index is 0.620. The number of nitrogens with zero attached hydrogens (tertiary/aromatic N) is 1. The first kappa shape index (κ1) is 12.9. The maximum absolute atomic E-state index is 5.77. The Kier molecular flexibility index (Phi) is 4.22. The maximum atomic E-state index is 5.77. The molecular weight excluding hydrogens is 224 g/mol. The highest BCUT2D eigenvalue weighted by Gasteiger charge is 2.39. The van der Waals surface area contributed by atoms with Crippen molar-refractivity contribution >= 4 is 0 Å². The van der Waals surface area contributed by atoms with Crippen LogP contribution < -0.4 is 5.32 Å². The lowest BCUT2D eigenvalue weighted by molar-refractivity contribution is -0.0517. The van der Waals surface area contributed by atoms with Gasteiger partial charge in [0.2, 0.25) is 0 Å². The number of rotatable bonds is 2. The molecule has 2 saturated heterocycles. The highest BCUT2D eigenvalue weighted by Crippen LogP contribution is 2.37. The number of likely N-dealkylation sites (tertiary alicyclic amines) is 1. The first-order valence-corrected chi connectivity index (χ1v) is 7.91. The molecule has 3 fully saturated rings. The van der Waals surface area contributed by atoms with E-state index in [-0.39, 0.29) is 0 Å². The molecule has 0 spiro atoms. The predicted octanol–water partition coefficient (Wildman–Crippen LogP) is 2.02. The van der Waals surface area contributed by atoms with Gasteiger partial charge < -0.3 is 10.1 Å². The Morgan fingerprint density at radius 1 is 1.00 bits per heavy atom. The molecular formula is C15H28N2O. The molecule has 104 valence electrons. The highest BCUT2D eigenvalue weighted by atomic mass is 16.5. The van der Waals surface area contributed by atoms with Crippen LogP contribution in [0.3, 0.4) is 0 Å². The molecule has 3 nitrogen and oxygen atoms in total. The Labute approximate surface area is 111 Å². The van der Waals surface area contributed by atoms with Crippen molar-refractivity contribution in [1.29, 1.82) is 0 Å². The van der Waals surface area contributed by atoms with Crippen molar-refractivity contribution in [3.05, 3.63) is 0 Å². The van der Waals surface area contributed by atoms with Crippen molar-refractivity contribution < 1.29 is 4.74 Å². The largest absolute Gasteiger partial charge is 0.380 e. The molecule has 0 aromatic heterocycles. The first-order chi connectivity index (χ1) is 8.90. The van der Waals surface area contributed by atoms with Crippen molar-refractivity contribution in [2.75, 3.05) is 26.8 Å². The van der Waals surface area contributed by atoms with Gasteiger partial charge in [0.1, 0.15) is 0 Å². The van der Waals surface area contributed by atoms with Crippen LogP contribution in [0.2, 0.25) is 0 Å². The quantitative estimate of drug-likeness (QED) is 0.814. The van der Waals surface area contributed by atoms with Crippen LogP contribution in [0.1, 0.15) is 44.9 Å². The van der Waals surface area contributed by atoms with Crippen molar-refractivity contribution in [1.82, 2.24) is 10.2 Å². The van der Waals surface area contributed by atoms with Gasteiger partial charge in [0, 0.05) is 24.7 Å². The number of hydrogen-bond donors (Lipinski definition) is 1. The smallest absolute Gasteiger partial charge is 0.0637 e. The van der Waals surface area contributed by atoms with Gasteiger partial charge in [-0.3, -0.25) is 4.90 Å². The molecule has 3 aliphatic rings. The Morgan fingerprint density at radius 2 is 1.83 bits per heavy atom. The van der Waals surface area contributed by atoms with Crippen LogP contribution in [0.5, 0.6) is 0 Å². The summed E-state index contributed by atoms with van der Waals surface area (Å²) < 4.78 is 5.77. The lowest BCUT2D eigenvalue weighted by atomic mass is 9.77. The third-order valence-corrected chi connectivity index (χ3v) is 5.41. The minimum Gasteiger partial charge on any atom is -0.380 e. The minimum atomic E-state index is 0.620. The van der Waals surface area contributed by atoms with Crippen LogP contribution in [-0.2, 0) is 4.74 Å². The van der Waals surface area contributed by atoms with Gasteiger partial charge in [-0.15, -0.1) is 0 Å². The summed E-state index contributed by atoms with van der Waals surface area (Å²) in [4.78, 5) is 2.81. The predicted molar refractivity (Wildman–Crippen MR) is 73.8 cm³/mol. The highest BCUT2D eigenvalue weighted by molar-refractivity contribution is 4.95. The number of likely N-dealkylation sites (N-methyl/N-ethyl adjacent to an activating group) is 1. The molecule has 1 N–H and O–H groups in total. The van der Waals surface area contributed by atoms with E-state index in [1.54, 1.807) is 0 Å². The van der Waals surface area contributed by atoms with E-state index >= 15 is 0 Å². The number of ether oxygens (including phenoxy) is 1. The monoisotopic (exact) mass is 252 g/mol. The van der Waals surface area contributed by atoms with E-state index in [1.165, 1.54) is 51.5 Å². The van der Waals surface area contributed by atoms with Crippen molar-refractivity contribution in [3.63, 3.8) is 0 Å². The van der Waals surface area contributed by atoms with E-state index < -0.39 is 0 Å². The number of piperidine rings is 1. The second-order valence-electron chi connectivity index (χ2n) is 6.32. The summed E-state index contributed by atoms with van der Waals surface area (Å²) in [5.74, 6) is 0.979. The van der Waals surface area contributed by atoms with Gasteiger partial charge in [0.05, 0.1) is 6.61 Å². The van der Waals surface area contributed by atoms with E-state index in [2.05, 4.69) is 17.3 Å². The van der Waals surface area contributed by atoms with E-state index in [1.807, 2.05) is 0 Å². The van der Waals surface area contributed by atoms with E-state index in [0.29, 0.717) is 12.1 Å². The van der Waals surface area contributed by atoms with E-state index in [4.69, 9.17) is 4.74 Å². The van der Waals surface area contributed by atoms with Gasteiger partial charge >= 0.3 is 0 Å². The summed E-state index contributed by atoms with van der Waals surface area (Å²) >= 11 is 0. The van der Waals surface area contributed by atoms with Gasteiger partial charge in [-0.25, -0.2) is 0 Å². The molecule has 2 unspecified atom stereocenters. The normalized spacial score (nSPS) is 42.5. The molecule has 4 atom stereocenters. The lowest BCUT2D eigenvalue weighted by Gasteiger charge is -2.50. The topological polar surface area (TPSA) is 24.5 Å². The summed E-state index contributed by atoms with van der Waals surface area (Å²) in [5.41, 5.74) is 0. The first-order valence-electron chi connectivity index (χ1n) is 7.91. The van der Waals surface area contributed by atoms with Gasteiger partial charge in [0.15, 0.2) is 0 Å². The van der Waals surface area contributed by atoms with Crippen LogP contribution >= 0.6 is 0 Å². The Hall–Kier alpha value is -0.120. The molecule has 2 heterocycles. The molecule has 0 aromatic carbocycles. The third kappa shape index (κ3) is 2.45. The van der Waals surface area contributed by atoms with Crippen LogP contribution in [0.25, 0.3) is 0 Å². The fourth-order valence-electron chi connectivity index (χ4n) is 4.46. The second-order valence-corrected chi connectivity index (χ2v) is 6.32. The molecule has 18 heavy (non-hydrogen) atoms. The van der Waals surface area contributed by atoms with Gasteiger partial charge in [0.25, 0.3) is 0 Å². The summed E-state index contributed by atoms with van der Waals surface area (Å²) in [5, 5.41) is 3.53. The van der Waals surface area contributed by atoms with E-state index in [0.717, 1.165) is 25.2 Å². The summed E-state index contributed by atoms with van der Waals surface area (Å²) in [6.45, 7) is 3.17. The standard InChI is InChI=1S/C15H28N2O/c1-16-13-8-10-18-11-15(13)17-9-4-6-12-5-2-3-7-14(12)17/h12-16H,2-11H2,1H3/t12-,13?,14-,15?/m1/s1. The zero-order chi connectivity index (χ0) is 12.4. The van der Waals surface area contributed by atoms with Gasteiger partial charge in [-0.2, -0.15) is 0 Å². The molecule has 0 amide bonds. The van der Waals surface area contributed by atoms with Crippen molar-refractivity contribution in [3.8, 4) is 0 Å². The van der Waals surface area contributed by atoms with Crippen molar-refractivity contribution in [2.24, 2.45) is 5.92 Å². The summed E-state index contributed by atoms with van der Waals surface area (Å²) in [7, 11) is 2.12. The van der Waals surface area contributed by atoms with Crippen LogP contribution in [0, 0.1) is 5.92 Å². The molecule has 1 saturated carbocycles. The maximum Gasteiger partial charge on any atom is 0.0637 e. The average molecular weight is 252 g/mol. The van der Waals surface area contributed by atoms with Gasteiger partial charge in [-0.1, -0.05) is 12.8 Å². The molecule has 0 aromatic rings. The Balaban J connectivity index is 1.72. The SMILES string of the molecule is CNC1CCOCC1N1CCC[C@H]2CCCC[C@H]21. The second kappa shape index (κ2) is 5.89. The summed E-state index contributed by atoms with van der Waals surface area (Å²) in [6.07, 6.45) is 9.85. The molecule has 0 bridgehead atoms. The Morgan fingerprint density at radius 3 is 2.72 bits per heavy atom. The Bertz CT molecular complexity index is 269. The zero-order valence-corrected chi connectivity index (χ0v) is 11.7. The molecule has 2 aliphatic heterocycles. The molecule has 3 heteroatoms. The van der Waals surface area contributed by atoms with Gasteiger partial charge in [-0.05, 0) is 51.6 Å². The lowest BCUT2D eigenvalue weighted by Crippen LogP contribution is -2.60. The fourth-order valence-corrected chi connectivity index (χ4v) is 4.46. The van der Waals surface area contributed by atoms with Crippen LogP contribution in [0.4, 0.5) is 0 Å². The summed E-state index contributed by atoms with van der Waals surface area (Å²) in [6, 6.07) is 2.11. The number of nitrogens with one attached hydrogen (secondary N) is 1. The zero-order valence-electron chi connectivity index (χ0n) is 11.7. The van der Waals surface area contributed by atoms with Crippen molar-refractivity contribution in [2.45, 2.75) is 63.1 Å². The van der Waals surface area contributed by atoms with E-state index in [9.17, 15) is 0 Å². The average Bonchev–Trinajstić information content (AvgIpc) is 2.46. The van der Waals surface area contributed by atoms with Crippen LogP contribution in [0.15, 0.2) is 0 Å². The third-order valence-electron chi connectivity index (χ3n) is 5.41. The molecule has 0 radical (unpaired) electrons. The number of hydrogen-bond acceptors (Lipinski definition) is 3. The number of fused-ring (bicyclic) bond motifs is 1.